The standard InChI is InChI=1S/C13H13Cl2NO2/c14-11-3-1-10(12(15)9-11)2-4-13(17)16-5-7-18-8-6-16/h1-4,9H,5-8H2. The monoisotopic (exact) mass is 285 g/mol. The first-order valence-electron chi connectivity index (χ1n) is 5.66. The number of nitrogens with zero attached hydrogens (tertiary/aromatic N) is 1. The number of rotatable bonds is 2. The highest BCUT2D eigenvalue weighted by Gasteiger charge is 2.13. The molecule has 1 aromatic carbocycles. The number of benzene rings is 1. The van der Waals surface area contributed by atoms with Crippen LogP contribution in [0.3, 0.4) is 0 Å². The van der Waals surface area contributed by atoms with Gasteiger partial charge in [0.2, 0.25) is 5.91 Å². The Hall–Kier alpha value is -1.03. The molecule has 1 fully saturated rings. The predicted molar refractivity (Wildman–Crippen MR) is 72.9 cm³/mol. The lowest BCUT2D eigenvalue weighted by Crippen LogP contribution is -2.39. The zero-order valence-electron chi connectivity index (χ0n) is 9.73. The highest BCUT2D eigenvalue weighted by molar-refractivity contribution is 6.35. The molecular weight excluding hydrogens is 273 g/mol. The molecule has 0 N–H and O–H groups in total. The van der Waals surface area contributed by atoms with Crippen LogP contribution in [-0.4, -0.2) is 37.1 Å². The van der Waals surface area contributed by atoms with Gasteiger partial charge >= 0.3 is 0 Å². The van der Waals surface area contributed by atoms with Crippen molar-refractivity contribution in [3.63, 3.8) is 0 Å². The average Bonchev–Trinajstić information content (AvgIpc) is 2.38. The number of carbonyl (C=O) groups is 1. The van der Waals surface area contributed by atoms with Crippen molar-refractivity contribution in [2.45, 2.75) is 0 Å². The molecule has 0 atom stereocenters. The summed E-state index contributed by atoms with van der Waals surface area (Å²) in [6.45, 7) is 2.47. The van der Waals surface area contributed by atoms with Gasteiger partial charge in [0.1, 0.15) is 0 Å². The Kier molecular flexibility index (Phi) is 4.64. The summed E-state index contributed by atoms with van der Waals surface area (Å²) in [5.41, 5.74) is 0.780. The molecular formula is C13H13Cl2NO2. The highest BCUT2D eigenvalue weighted by Crippen LogP contribution is 2.22. The van der Waals surface area contributed by atoms with Crippen molar-refractivity contribution in [3.8, 4) is 0 Å². The van der Waals surface area contributed by atoms with Gasteiger partial charge in [-0.2, -0.15) is 0 Å². The molecule has 0 saturated carbocycles. The van der Waals surface area contributed by atoms with Gasteiger partial charge in [0, 0.05) is 29.2 Å². The van der Waals surface area contributed by atoms with Crippen molar-refractivity contribution in [2.75, 3.05) is 26.3 Å². The van der Waals surface area contributed by atoms with E-state index in [9.17, 15) is 4.79 Å². The van der Waals surface area contributed by atoms with Crippen LogP contribution in [0.4, 0.5) is 0 Å². The molecule has 0 spiro atoms. The van der Waals surface area contributed by atoms with Gasteiger partial charge < -0.3 is 9.64 Å². The summed E-state index contributed by atoms with van der Waals surface area (Å²) in [7, 11) is 0. The molecule has 0 unspecified atom stereocenters. The first-order valence-corrected chi connectivity index (χ1v) is 6.42. The SMILES string of the molecule is O=C(C=Cc1ccc(Cl)cc1Cl)N1CCOCC1. The molecule has 5 heteroatoms. The molecule has 0 aliphatic carbocycles. The largest absolute Gasteiger partial charge is 0.378 e. The van der Waals surface area contributed by atoms with Crippen LogP contribution in [0.1, 0.15) is 5.56 Å². The first kappa shape index (κ1) is 13.4. The average molecular weight is 286 g/mol. The third kappa shape index (κ3) is 3.48. The van der Waals surface area contributed by atoms with E-state index in [1.54, 1.807) is 29.2 Å². The summed E-state index contributed by atoms with van der Waals surface area (Å²) < 4.78 is 5.19. The normalized spacial score (nSPS) is 16.2. The van der Waals surface area contributed by atoms with Gasteiger partial charge in [-0.3, -0.25) is 4.79 Å². The maximum atomic E-state index is 11.9. The van der Waals surface area contributed by atoms with Crippen LogP contribution in [0.25, 0.3) is 6.08 Å². The van der Waals surface area contributed by atoms with E-state index in [1.807, 2.05) is 0 Å². The van der Waals surface area contributed by atoms with Gasteiger partial charge in [-0.15, -0.1) is 0 Å². The van der Waals surface area contributed by atoms with Gasteiger partial charge in [-0.05, 0) is 23.8 Å². The Morgan fingerprint density at radius 2 is 2.00 bits per heavy atom. The number of amides is 1. The van der Waals surface area contributed by atoms with E-state index in [-0.39, 0.29) is 5.91 Å². The first-order chi connectivity index (χ1) is 8.66. The Morgan fingerprint density at radius 3 is 2.67 bits per heavy atom. The molecule has 1 aromatic rings. The fourth-order valence-corrected chi connectivity index (χ4v) is 2.16. The molecule has 1 saturated heterocycles. The van der Waals surface area contributed by atoms with Gasteiger partial charge in [0.05, 0.1) is 13.2 Å². The molecule has 0 bridgehead atoms. The molecule has 2 rings (SSSR count). The fraction of sp³-hybridized carbons (Fsp3) is 0.308. The zero-order valence-corrected chi connectivity index (χ0v) is 11.2. The quantitative estimate of drug-likeness (QED) is 0.782. The third-order valence-electron chi connectivity index (χ3n) is 2.69. The molecule has 1 aliphatic heterocycles. The topological polar surface area (TPSA) is 29.5 Å². The van der Waals surface area contributed by atoms with Crippen LogP contribution in [0.5, 0.6) is 0 Å². The molecule has 96 valence electrons. The van der Waals surface area contributed by atoms with Crippen molar-refractivity contribution < 1.29 is 9.53 Å². The summed E-state index contributed by atoms with van der Waals surface area (Å²) >= 11 is 11.8. The number of hydrogen-bond acceptors (Lipinski definition) is 2. The summed E-state index contributed by atoms with van der Waals surface area (Å²) in [5, 5.41) is 1.12. The van der Waals surface area contributed by atoms with E-state index in [4.69, 9.17) is 27.9 Å². The molecule has 0 radical (unpaired) electrons. The Morgan fingerprint density at radius 1 is 1.28 bits per heavy atom. The van der Waals surface area contributed by atoms with Gasteiger partial charge in [0.15, 0.2) is 0 Å². The molecule has 1 heterocycles. The zero-order chi connectivity index (χ0) is 13.0. The lowest BCUT2D eigenvalue weighted by atomic mass is 10.2. The second-order valence-electron chi connectivity index (χ2n) is 3.94. The van der Waals surface area contributed by atoms with Crippen LogP contribution in [-0.2, 0) is 9.53 Å². The third-order valence-corrected chi connectivity index (χ3v) is 3.25. The van der Waals surface area contributed by atoms with Crippen LogP contribution in [0, 0.1) is 0 Å². The number of ether oxygens (including phenoxy) is 1. The lowest BCUT2D eigenvalue weighted by Gasteiger charge is -2.25. The van der Waals surface area contributed by atoms with E-state index in [1.165, 1.54) is 6.08 Å². The van der Waals surface area contributed by atoms with E-state index in [0.717, 1.165) is 5.56 Å². The molecule has 0 aromatic heterocycles. The second-order valence-corrected chi connectivity index (χ2v) is 4.78. The van der Waals surface area contributed by atoms with Crippen LogP contribution < -0.4 is 0 Å². The predicted octanol–water partition coefficient (Wildman–Crippen LogP) is 2.87. The van der Waals surface area contributed by atoms with Crippen molar-refractivity contribution in [2.24, 2.45) is 0 Å². The molecule has 3 nitrogen and oxygen atoms in total. The maximum absolute atomic E-state index is 11.9. The highest BCUT2D eigenvalue weighted by atomic mass is 35.5. The van der Waals surface area contributed by atoms with Crippen molar-refractivity contribution in [3.05, 3.63) is 39.9 Å². The molecule has 1 aliphatic rings. The van der Waals surface area contributed by atoms with Gasteiger partial charge in [0.25, 0.3) is 0 Å². The van der Waals surface area contributed by atoms with Gasteiger partial charge in [-0.25, -0.2) is 0 Å². The summed E-state index contributed by atoms with van der Waals surface area (Å²) in [6, 6.07) is 5.18. The van der Waals surface area contributed by atoms with E-state index in [0.29, 0.717) is 36.3 Å². The molecule has 1 amide bonds. The van der Waals surface area contributed by atoms with Crippen molar-refractivity contribution in [1.82, 2.24) is 4.90 Å². The van der Waals surface area contributed by atoms with Crippen molar-refractivity contribution in [1.29, 1.82) is 0 Å². The Balaban J connectivity index is 2.03. The van der Waals surface area contributed by atoms with Crippen LogP contribution >= 0.6 is 23.2 Å². The van der Waals surface area contributed by atoms with E-state index in [2.05, 4.69) is 0 Å². The lowest BCUT2D eigenvalue weighted by molar-refractivity contribution is -0.129. The smallest absolute Gasteiger partial charge is 0.246 e. The minimum atomic E-state index is -0.0238. The van der Waals surface area contributed by atoms with Crippen LogP contribution in [0.2, 0.25) is 10.0 Å². The van der Waals surface area contributed by atoms with Crippen LogP contribution in [0.15, 0.2) is 24.3 Å². The minimum absolute atomic E-state index is 0.0238. The van der Waals surface area contributed by atoms with E-state index < -0.39 is 0 Å². The second kappa shape index (κ2) is 6.23. The minimum Gasteiger partial charge on any atom is -0.378 e. The number of carbonyl (C=O) groups excluding carboxylic acids is 1. The Bertz CT molecular complexity index is 468. The maximum Gasteiger partial charge on any atom is 0.246 e. The fourth-order valence-electron chi connectivity index (χ4n) is 1.69. The molecule has 18 heavy (non-hydrogen) atoms. The van der Waals surface area contributed by atoms with Crippen molar-refractivity contribution >= 4 is 35.2 Å². The number of morpholine rings is 1. The number of hydrogen-bond donors (Lipinski definition) is 0. The Labute approximate surface area is 116 Å². The summed E-state index contributed by atoms with van der Waals surface area (Å²) in [6.07, 6.45) is 3.23. The van der Waals surface area contributed by atoms with Gasteiger partial charge in [-0.1, -0.05) is 29.3 Å². The number of halogens is 2. The summed E-state index contributed by atoms with van der Waals surface area (Å²) in [5.74, 6) is -0.0238. The summed E-state index contributed by atoms with van der Waals surface area (Å²) in [4.78, 5) is 13.6. The van der Waals surface area contributed by atoms with E-state index >= 15 is 0 Å².